The van der Waals surface area contributed by atoms with Gasteiger partial charge in [0.05, 0.1) is 18.2 Å². The van der Waals surface area contributed by atoms with Gasteiger partial charge in [0, 0.05) is 13.1 Å². The standard InChI is InChI=1S/C19H30N2O2/c1-3-12-19(2,20)18(22)21-13-9-17(10-14-21)23-15-11-16-7-5-4-6-8-16/h4-8,17H,3,9-15,20H2,1-2H3. The van der Waals surface area contributed by atoms with E-state index in [1.54, 1.807) is 0 Å². The molecule has 1 fully saturated rings. The molecule has 2 N–H and O–H groups in total. The monoisotopic (exact) mass is 318 g/mol. The Morgan fingerprint density at radius 1 is 1.30 bits per heavy atom. The zero-order valence-electron chi connectivity index (χ0n) is 14.5. The molecule has 1 unspecified atom stereocenters. The van der Waals surface area contributed by atoms with Crippen LogP contribution in [0.2, 0.25) is 0 Å². The lowest BCUT2D eigenvalue weighted by atomic mass is 9.94. The van der Waals surface area contributed by atoms with E-state index in [9.17, 15) is 4.79 Å². The van der Waals surface area contributed by atoms with Gasteiger partial charge in [-0.25, -0.2) is 0 Å². The summed E-state index contributed by atoms with van der Waals surface area (Å²) in [5.74, 6) is 0.0853. The average molecular weight is 318 g/mol. The Kier molecular flexibility index (Phi) is 6.60. The molecule has 0 saturated carbocycles. The molecule has 1 aliphatic heterocycles. The average Bonchev–Trinajstić information content (AvgIpc) is 2.56. The van der Waals surface area contributed by atoms with Crippen LogP contribution in [0, 0.1) is 0 Å². The third-order valence-corrected chi connectivity index (χ3v) is 4.57. The number of amides is 1. The zero-order chi connectivity index (χ0) is 16.7. The summed E-state index contributed by atoms with van der Waals surface area (Å²) >= 11 is 0. The minimum atomic E-state index is -0.726. The first-order valence-electron chi connectivity index (χ1n) is 8.76. The summed E-state index contributed by atoms with van der Waals surface area (Å²) in [4.78, 5) is 14.4. The molecule has 0 bridgehead atoms. The summed E-state index contributed by atoms with van der Waals surface area (Å²) in [5, 5.41) is 0. The molecule has 1 saturated heterocycles. The van der Waals surface area contributed by atoms with Crippen LogP contribution in [-0.4, -0.2) is 42.1 Å². The topological polar surface area (TPSA) is 55.6 Å². The van der Waals surface area contributed by atoms with Crippen LogP contribution < -0.4 is 5.73 Å². The van der Waals surface area contributed by atoms with Crippen molar-refractivity contribution in [3.05, 3.63) is 35.9 Å². The Hall–Kier alpha value is -1.39. The first-order chi connectivity index (χ1) is 11.0. The maximum absolute atomic E-state index is 12.5. The van der Waals surface area contributed by atoms with Crippen molar-refractivity contribution < 1.29 is 9.53 Å². The molecule has 1 aliphatic rings. The van der Waals surface area contributed by atoms with Crippen LogP contribution in [-0.2, 0) is 16.0 Å². The second kappa shape index (κ2) is 8.46. The Balaban J connectivity index is 1.70. The third-order valence-electron chi connectivity index (χ3n) is 4.57. The number of ether oxygens (including phenoxy) is 1. The Morgan fingerprint density at radius 3 is 2.57 bits per heavy atom. The number of hydrogen-bond acceptors (Lipinski definition) is 3. The van der Waals surface area contributed by atoms with Gasteiger partial charge < -0.3 is 15.4 Å². The summed E-state index contributed by atoms with van der Waals surface area (Å²) in [6.07, 6.45) is 4.68. The van der Waals surface area contributed by atoms with Gasteiger partial charge in [0.25, 0.3) is 0 Å². The minimum absolute atomic E-state index is 0.0853. The summed E-state index contributed by atoms with van der Waals surface area (Å²) in [7, 11) is 0. The van der Waals surface area contributed by atoms with E-state index in [-0.39, 0.29) is 12.0 Å². The SMILES string of the molecule is CCCC(C)(N)C(=O)N1CCC(OCCc2ccccc2)CC1. The molecule has 23 heavy (non-hydrogen) atoms. The summed E-state index contributed by atoms with van der Waals surface area (Å²) < 4.78 is 5.98. The van der Waals surface area contributed by atoms with Crippen LogP contribution in [0.15, 0.2) is 30.3 Å². The third kappa shape index (κ3) is 5.33. The van der Waals surface area contributed by atoms with E-state index < -0.39 is 5.54 Å². The summed E-state index contributed by atoms with van der Waals surface area (Å²) in [6, 6.07) is 10.4. The molecule has 0 radical (unpaired) electrons. The lowest BCUT2D eigenvalue weighted by Crippen LogP contribution is -2.55. The summed E-state index contributed by atoms with van der Waals surface area (Å²) in [6.45, 7) is 6.16. The second-order valence-corrected chi connectivity index (χ2v) is 6.77. The molecular weight excluding hydrogens is 288 g/mol. The molecule has 1 aromatic carbocycles. The van der Waals surface area contributed by atoms with E-state index in [1.165, 1.54) is 5.56 Å². The molecule has 1 heterocycles. The van der Waals surface area contributed by atoms with E-state index in [0.29, 0.717) is 0 Å². The highest BCUT2D eigenvalue weighted by molar-refractivity contribution is 5.85. The molecule has 4 nitrogen and oxygen atoms in total. The van der Waals surface area contributed by atoms with Crippen LogP contribution in [0.4, 0.5) is 0 Å². The molecule has 0 aliphatic carbocycles. The Morgan fingerprint density at radius 2 is 1.96 bits per heavy atom. The van der Waals surface area contributed by atoms with Crippen LogP contribution in [0.5, 0.6) is 0 Å². The van der Waals surface area contributed by atoms with Crippen molar-refractivity contribution >= 4 is 5.91 Å². The fraction of sp³-hybridized carbons (Fsp3) is 0.632. The van der Waals surface area contributed by atoms with Gasteiger partial charge in [0.2, 0.25) is 5.91 Å². The van der Waals surface area contributed by atoms with Gasteiger partial charge in [-0.15, -0.1) is 0 Å². The molecule has 4 heteroatoms. The predicted molar refractivity (Wildman–Crippen MR) is 93.2 cm³/mol. The fourth-order valence-corrected chi connectivity index (χ4v) is 3.20. The molecule has 128 valence electrons. The van der Waals surface area contributed by atoms with Crippen LogP contribution >= 0.6 is 0 Å². The quantitative estimate of drug-likeness (QED) is 0.841. The highest BCUT2D eigenvalue weighted by Gasteiger charge is 2.33. The first kappa shape index (κ1) is 18.0. The van der Waals surface area contributed by atoms with E-state index in [0.717, 1.165) is 51.8 Å². The van der Waals surface area contributed by atoms with Gasteiger partial charge in [0.1, 0.15) is 0 Å². The van der Waals surface area contributed by atoms with Gasteiger partial charge in [-0.1, -0.05) is 43.7 Å². The van der Waals surface area contributed by atoms with Crippen LogP contribution in [0.25, 0.3) is 0 Å². The van der Waals surface area contributed by atoms with Crippen molar-refractivity contribution in [2.45, 2.75) is 57.6 Å². The van der Waals surface area contributed by atoms with Crippen molar-refractivity contribution in [1.29, 1.82) is 0 Å². The van der Waals surface area contributed by atoms with Crippen molar-refractivity contribution in [2.24, 2.45) is 5.73 Å². The number of carbonyl (C=O) groups excluding carboxylic acids is 1. The number of piperidine rings is 1. The van der Waals surface area contributed by atoms with Gasteiger partial charge in [-0.3, -0.25) is 4.79 Å². The van der Waals surface area contributed by atoms with E-state index in [1.807, 2.05) is 17.9 Å². The maximum atomic E-state index is 12.5. The number of likely N-dealkylation sites (tertiary alicyclic amines) is 1. The molecule has 2 rings (SSSR count). The normalized spacial score (nSPS) is 18.7. The van der Waals surface area contributed by atoms with Crippen LogP contribution in [0.3, 0.4) is 0 Å². The smallest absolute Gasteiger partial charge is 0.242 e. The van der Waals surface area contributed by atoms with Crippen molar-refractivity contribution in [1.82, 2.24) is 4.90 Å². The van der Waals surface area contributed by atoms with Gasteiger partial charge in [0.15, 0.2) is 0 Å². The van der Waals surface area contributed by atoms with Crippen molar-refractivity contribution in [3.8, 4) is 0 Å². The first-order valence-corrected chi connectivity index (χ1v) is 8.76. The molecule has 0 aromatic heterocycles. The predicted octanol–water partition coefficient (Wildman–Crippen LogP) is 2.75. The number of hydrogen-bond donors (Lipinski definition) is 1. The molecule has 1 amide bonds. The fourth-order valence-electron chi connectivity index (χ4n) is 3.20. The second-order valence-electron chi connectivity index (χ2n) is 6.77. The number of benzene rings is 1. The van der Waals surface area contributed by atoms with Crippen LogP contribution in [0.1, 0.15) is 45.1 Å². The van der Waals surface area contributed by atoms with E-state index in [2.05, 4.69) is 31.2 Å². The van der Waals surface area contributed by atoms with E-state index >= 15 is 0 Å². The Bertz CT molecular complexity index is 479. The van der Waals surface area contributed by atoms with Crippen molar-refractivity contribution in [2.75, 3.05) is 19.7 Å². The van der Waals surface area contributed by atoms with Gasteiger partial charge in [-0.2, -0.15) is 0 Å². The number of nitrogens with zero attached hydrogens (tertiary/aromatic N) is 1. The molecule has 0 spiro atoms. The Labute approximate surface area is 140 Å². The highest BCUT2D eigenvalue weighted by Crippen LogP contribution is 2.19. The summed E-state index contributed by atoms with van der Waals surface area (Å²) in [5.41, 5.74) is 6.74. The highest BCUT2D eigenvalue weighted by atomic mass is 16.5. The molecule has 1 atom stereocenters. The number of carbonyl (C=O) groups is 1. The van der Waals surface area contributed by atoms with Crippen molar-refractivity contribution in [3.63, 3.8) is 0 Å². The number of nitrogens with two attached hydrogens (primary N) is 1. The lowest BCUT2D eigenvalue weighted by molar-refractivity contribution is -0.139. The molecular formula is C19H30N2O2. The molecule has 1 aromatic rings. The number of rotatable bonds is 7. The van der Waals surface area contributed by atoms with E-state index in [4.69, 9.17) is 10.5 Å². The lowest BCUT2D eigenvalue weighted by Gasteiger charge is -2.36. The largest absolute Gasteiger partial charge is 0.378 e. The van der Waals surface area contributed by atoms with Gasteiger partial charge in [-0.05, 0) is 38.2 Å². The maximum Gasteiger partial charge on any atom is 0.242 e. The van der Waals surface area contributed by atoms with Gasteiger partial charge >= 0.3 is 0 Å². The minimum Gasteiger partial charge on any atom is -0.378 e. The zero-order valence-corrected chi connectivity index (χ0v) is 14.5.